The Bertz CT molecular complexity index is 338. The van der Waals surface area contributed by atoms with Crippen LogP contribution in [0, 0.1) is 0 Å². The predicted molar refractivity (Wildman–Crippen MR) is 48.7 cm³/mol. The Labute approximate surface area is 81.6 Å². The predicted octanol–water partition coefficient (Wildman–Crippen LogP) is 1.02. The highest BCUT2D eigenvalue weighted by Crippen LogP contribution is 2.35. The summed E-state index contributed by atoms with van der Waals surface area (Å²) in [4.78, 5) is 14.6. The molecule has 1 aromatic heterocycles. The van der Waals surface area contributed by atoms with Crippen molar-refractivity contribution in [3.8, 4) is 17.2 Å². The van der Waals surface area contributed by atoms with Crippen molar-refractivity contribution < 1.29 is 19.0 Å². The van der Waals surface area contributed by atoms with Crippen molar-refractivity contribution in [2.24, 2.45) is 0 Å². The van der Waals surface area contributed by atoms with Gasteiger partial charge in [0.25, 0.3) is 0 Å². The molecule has 0 saturated heterocycles. The molecule has 1 heterocycles. The number of methoxy groups -OCH3 is 2. The summed E-state index contributed by atoms with van der Waals surface area (Å²) in [5, 5.41) is 0. The van der Waals surface area contributed by atoms with E-state index in [1.807, 2.05) is 0 Å². The van der Waals surface area contributed by atoms with E-state index in [2.05, 4.69) is 4.98 Å². The van der Waals surface area contributed by atoms with Crippen LogP contribution in [0.1, 0.15) is 6.92 Å². The second-order valence-electron chi connectivity index (χ2n) is 2.47. The van der Waals surface area contributed by atoms with E-state index in [1.165, 1.54) is 33.5 Å². The standard InChI is InChI=1S/C9H11NO4/c1-6(11)14-8-5-10-4-7(12-2)9(8)13-3/h4-5H,1-3H3. The lowest BCUT2D eigenvalue weighted by molar-refractivity contribution is -0.132. The first-order valence-electron chi connectivity index (χ1n) is 3.93. The van der Waals surface area contributed by atoms with Crippen molar-refractivity contribution in [3.63, 3.8) is 0 Å². The van der Waals surface area contributed by atoms with Crippen LogP contribution in [0.3, 0.4) is 0 Å². The average molecular weight is 197 g/mol. The van der Waals surface area contributed by atoms with Gasteiger partial charge in [-0.1, -0.05) is 0 Å². The van der Waals surface area contributed by atoms with E-state index in [4.69, 9.17) is 14.2 Å². The number of esters is 1. The maximum Gasteiger partial charge on any atom is 0.308 e. The molecule has 0 aromatic carbocycles. The minimum atomic E-state index is -0.432. The quantitative estimate of drug-likeness (QED) is 0.677. The lowest BCUT2D eigenvalue weighted by atomic mass is 10.4. The molecule has 0 unspecified atom stereocenters. The highest BCUT2D eigenvalue weighted by Gasteiger charge is 2.12. The van der Waals surface area contributed by atoms with E-state index in [1.54, 1.807) is 0 Å². The number of rotatable bonds is 3. The molecule has 1 aromatic rings. The Morgan fingerprint density at radius 2 is 1.86 bits per heavy atom. The molecule has 0 aliphatic rings. The SMILES string of the molecule is COc1cncc(OC(C)=O)c1OC. The third-order valence-corrected chi connectivity index (χ3v) is 1.51. The first-order valence-corrected chi connectivity index (χ1v) is 3.93. The molecule has 5 heteroatoms. The van der Waals surface area contributed by atoms with E-state index in [-0.39, 0.29) is 5.75 Å². The minimum Gasteiger partial charge on any atom is -0.491 e. The molecule has 0 spiro atoms. The normalized spacial score (nSPS) is 9.36. The number of carbonyl (C=O) groups excluding carboxylic acids is 1. The maximum atomic E-state index is 10.7. The molecular weight excluding hydrogens is 186 g/mol. The Hall–Kier alpha value is -1.78. The fourth-order valence-corrected chi connectivity index (χ4v) is 0.985. The number of ether oxygens (including phenoxy) is 3. The first-order chi connectivity index (χ1) is 6.69. The molecule has 14 heavy (non-hydrogen) atoms. The van der Waals surface area contributed by atoms with Crippen LogP contribution in [0.15, 0.2) is 12.4 Å². The first kappa shape index (κ1) is 10.3. The molecule has 0 atom stereocenters. The Balaban J connectivity index is 3.08. The van der Waals surface area contributed by atoms with Gasteiger partial charge in [-0.2, -0.15) is 0 Å². The lowest BCUT2D eigenvalue weighted by Crippen LogP contribution is -2.04. The van der Waals surface area contributed by atoms with Crippen LogP contribution in [0.2, 0.25) is 0 Å². The van der Waals surface area contributed by atoms with E-state index in [0.717, 1.165) is 0 Å². The van der Waals surface area contributed by atoms with Crippen LogP contribution in [0.5, 0.6) is 17.2 Å². The molecule has 76 valence electrons. The summed E-state index contributed by atoms with van der Waals surface area (Å²) < 4.78 is 14.9. The van der Waals surface area contributed by atoms with Crippen molar-refractivity contribution in [2.45, 2.75) is 6.92 Å². The van der Waals surface area contributed by atoms with Gasteiger partial charge in [0.1, 0.15) is 0 Å². The Morgan fingerprint density at radius 1 is 1.21 bits per heavy atom. The summed E-state index contributed by atoms with van der Waals surface area (Å²) in [7, 11) is 2.95. The summed E-state index contributed by atoms with van der Waals surface area (Å²) in [6.45, 7) is 1.30. The molecule has 0 radical (unpaired) electrons. The fraction of sp³-hybridized carbons (Fsp3) is 0.333. The van der Waals surface area contributed by atoms with Crippen LogP contribution in [0.4, 0.5) is 0 Å². The molecule has 0 N–H and O–H groups in total. The van der Waals surface area contributed by atoms with Crippen molar-refractivity contribution in [1.29, 1.82) is 0 Å². The smallest absolute Gasteiger partial charge is 0.308 e. The van der Waals surface area contributed by atoms with Crippen LogP contribution in [-0.2, 0) is 4.79 Å². The van der Waals surface area contributed by atoms with Gasteiger partial charge in [-0.3, -0.25) is 9.78 Å². The summed E-state index contributed by atoms with van der Waals surface area (Å²) in [6, 6.07) is 0. The molecule has 0 fully saturated rings. The second-order valence-corrected chi connectivity index (χ2v) is 2.47. The van der Waals surface area contributed by atoms with Gasteiger partial charge in [0.2, 0.25) is 5.75 Å². The lowest BCUT2D eigenvalue weighted by Gasteiger charge is -2.10. The van der Waals surface area contributed by atoms with Crippen LogP contribution in [-0.4, -0.2) is 25.2 Å². The van der Waals surface area contributed by atoms with Gasteiger partial charge < -0.3 is 14.2 Å². The largest absolute Gasteiger partial charge is 0.491 e. The van der Waals surface area contributed by atoms with E-state index in [0.29, 0.717) is 11.5 Å². The van der Waals surface area contributed by atoms with Gasteiger partial charge in [-0.15, -0.1) is 0 Å². The Morgan fingerprint density at radius 3 is 2.36 bits per heavy atom. The number of carbonyl (C=O) groups is 1. The summed E-state index contributed by atoms with van der Waals surface area (Å²) in [5.74, 6) is 0.599. The average Bonchev–Trinajstić information content (AvgIpc) is 2.16. The van der Waals surface area contributed by atoms with Gasteiger partial charge >= 0.3 is 5.97 Å². The van der Waals surface area contributed by atoms with Gasteiger partial charge in [0.15, 0.2) is 11.5 Å². The third-order valence-electron chi connectivity index (χ3n) is 1.51. The van der Waals surface area contributed by atoms with Crippen LogP contribution >= 0.6 is 0 Å². The van der Waals surface area contributed by atoms with Gasteiger partial charge in [0.05, 0.1) is 26.6 Å². The molecule has 0 bridgehead atoms. The monoisotopic (exact) mass is 197 g/mol. The second kappa shape index (κ2) is 4.45. The number of hydrogen-bond acceptors (Lipinski definition) is 5. The fourth-order valence-electron chi connectivity index (χ4n) is 0.985. The summed E-state index contributed by atoms with van der Waals surface area (Å²) in [5.41, 5.74) is 0. The highest BCUT2D eigenvalue weighted by atomic mass is 16.6. The molecular formula is C9H11NO4. The van der Waals surface area contributed by atoms with Crippen molar-refractivity contribution in [1.82, 2.24) is 4.98 Å². The van der Waals surface area contributed by atoms with Crippen LogP contribution in [0.25, 0.3) is 0 Å². The number of nitrogens with zero attached hydrogens (tertiary/aromatic N) is 1. The maximum absolute atomic E-state index is 10.7. The van der Waals surface area contributed by atoms with E-state index in [9.17, 15) is 4.79 Å². The number of hydrogen-bond donors (Lipinski definition) is 0. The van der Waals surface area contributed by atoms with Crippen LogP contribution < -0.4 is 14.2 Å². The van der Waals surface area contributed by atoms with Gasteiger partial charge in [0, 0.05) is 6.92 Å². The molecule has 0 amide bonds. The zero-order chi connectivity index (χ0) is 10.6. The summed E-state index contributed by atoms with van der Waals surface area (Å²) >= 11 is 0. The van der Waals surface area contributed by atoms with Gasteiger partial charge in [-0.05, 0) is 0 Å². The van der Waals surface area contributed by atoms with Crippen molar-refractivity contribution in [3.05, 3.63) is 12.4 Å². The van der Waals surface area contributed by atoms with Crippen molar-refractivity contribution in [2.75, 3.05) is 14.2 Å². The zero-order valence-electron chi connectivity index (χ0n) is 8.23. The molecule has 0 aliphatic carbocycles. The highest BCUT2D eigenvalue weighted by molar-refractivity contribution is 5.70. The molecule has 1 rings (SSSR count). The number of pyridine rings is 1. The molecule has 0 saturated carbocycles. The third kappa shape index (κ3) is 2.12. The molecule has 0 aliphatic heterocycles. The topological polar surface area (TPSA) is 57.7 Å². The van der Waals surface area contributed by atoms with Crippen molar-refractivity contribution >= 4 is 5.97 Å². The molecule has 5 nitrogen and oxygen atoms in total. The number of aromatic nitrogens is 1. The van der Waals surface area contributed by atoms with E-state index >= 15 is 0 Å². The minimum absolute atomic E-state index is 0.249. The Kier molecular flexibility index (Phi) is 3.28. The zero-order valence-corrected chi connectivity index (χ0v) is 8.23. The summed E-state index contributed by atoms with van der Waals surface area (Å²) in [6.07, 6.45) is 2.87. The van der Waals surface area contributed by atoms with Gasteiger partial charge in [-0.25, -0.2) is 0 Å². The van der Waals surface area contributed by atoms with E-state index < -0.39 is 5.97 Å².